The van der Waals surface area contributed by atoms with Crippen molar-refractivity contribution in [1.82, 2.24) is 8.61 Å². The Morgan fingerprint density at radius 2 is 1.36 bits per heavy atom. The minimum Gasteiger partial charge on any atom is -0.457 e. The minimum atomic E-state index is -3.82. The number of carbonyl (C=O) groups is 1. The second kappa shape index (κ2) is 12.3. The van der Waals surface area contributed by atoms with Crippen molar-refractivity contribution in [3.8, 4) is 11.5 Å². The number of anilines is 1. The fourth-order valence-electron chi connectivity index (χ4n) is 4.48. The van der Waals surface area contributed by atoms with E-state index in [0.29, 0.717) is 37.4 Å². The molecule has 3 aromatic carbocycles. The number of hydrogen-bond donors (Lipinski definition) is 1. The van der Waals surface area contributed by atoms with E-state index in [4.69, 9.17) is 4.74 Å². The maximum absolute atomic E-state index is 13.2. The number of benzene rings is 3. The van der Waals surface area contributed by atoms with Crippen molar-refractivity contribution < 1.29 is 26.4 Å². The van der Waals surface area contributed by atoms with Gasteiger partial charge in [0.2, 0.25) is 26.0 Å². The van der Waals surface area contributed by atoms with Gasteiger partial charge in [-0.3, -0.25) is 4.79 Å². The lowest BCUT2D eigenvalue weighted by molar-refractivity contribution is -0.120. The smallest absolute Gasteiger partial charge is 0.243 e. The summed E-state index contributed by atoms with van der Waals surface area (Å²) in [6, 6.07) is 21.8. The quantitative estimate of drug-likeness (QED) is 0.382. The molecule has 1 amide bonds. The number of ether oxygens (including phenoxy) is 1. The number of sulfonamides is 2. The van der Waals surface area contributed by atoms with Crippen LogP contribution in [0, 0.1) is 5.92 Å². The van der Waals surface area contributed by atoms with Gasteiger partial charge in [0.15, 0.2) is 0 Å². The van der Waals surface area contributed by atoms with Crippen LogP contribution in [-0.2, 0) is 24.8 Å². The zero-order valence-electron chi connectivity index (χ0n) is 22.0. The highest BCUT2D eigenvalue weighted by molar-refractivity contribution is 7.89. The normalized spacial score (nSPS) is 15.3. The van der Waals surface area contributed by atoms with Gasteiger partial charge in [-0.05, 0) is 73.5 Å². The van der Waals surface area contributed by atoms with Crippen LogP contribution in [0.15, 0.2) is 88.7 Å². The number of rotatable bonds is 10. The molecule has 0 aromatic heterocycles. The van der Waals surface area contributed by atoms with Crippen molar-refractivity contribution >= 4 is 31.6 Å². The average molecular weight is 572 g/mol. The van der Waals surface area contributed by atoms with Gasteiger partial charge in [0, 0.05) is 37.8 Å². The molecule has 3 aromatic rings. The summed E-state index contributed by atoms with van der Waals surface area (Å²) in [5.41, 5.74) is 0.634. The predicted octanol–water partition coefficient (Wildman–Crippen LogP) is 4.55. The Morgan fingerprint density at radius 3 is 1.92 bits per heavy atom. The van der Waals surface area contributed by atoms with Gasteiger partial charge in [0.05, 0.1) is 9.79 Å². The molecule has 208 valence electrons. The molecule has 1 aliphatic heterocycles. The van der Waals surface area contributed by atoms with Crippen LogP contribution < -0.4 is 10.1 Å². The van der Waals surface area contributed by atoms with E-state index in [1.165, 1.54) is 32.9 Å². The zero-order chi connectivity index (χ0) is 28.0. The second-order valence-electron chi connectivity index (χ2n) is 9.17. The van der Waals surface area contributed by atoms with E-state index < -0.39 is 20.0 Å². The first-order chi connectivity index (χ1) is 18.6. The standard InChI is InChI=1S/C28H33N3O6S2/c1-3-30(4-2)38(33,34)26-14-16-27(17-15-26)39(35,36)31-20-18-22(19-21-31)28(32)29-23-10-12-25(13-11-23)37-24-8-6-5-7-9-24/h5-17,22H,3-4,18-21H2,1-2H3,(H,29,32). The van der Waals surface area contributed by atoms with Crippen molar-refractivity contribution in [1.29, 1.82) is 0 Å². The number of piperidine rings is 1. The SMILES string of the molecule is CCN(CC)S(=O)(=O)c1ccc(S(=O)(=O)N2CCC(C(=O)Nc3ccc(Oc4ccccc4)cc3)CC2)cc1. The van der Waals surface area contributed by atoms with Crippen LogP contribution in [-0.4, -0.2) is 57.5 Å². The van der Waals surface area contributed by atoms with Crippen LogP contribution in [0.25, 0.3) is 0 Å². The number of nitrogens with one attached hydrogen (secondary N) is 1. The lowest BCUT2D eigenvalue weighted by Gasteiger charge is -2.30. The van der Waals surface area contributed by atoms with Gasteiger partial charge in [-0.15, -0.1) is 0 Å². The molecule has 39 heavy (non-hydrogen) atoms. The lowest BCUT2D eigenvalue weighted by Crippen LogP contribution is -2.41. The van der Waals surface area contributed by atoms with Crippen LogP contribution in [0.1, 0.15) is 26.7 Å². The maximum Gasteiger partial charge on any atom is 0.243 e. The molecule has 0 aliphatic carbocycles. The second-order valence-corrected chi connectivity index (χ2v) is 13.0. The average Bonchev–Trinajstić information content (AvgIpc) is 2.95. The number of hydrogen-bond acceptors (Lipinski definition) is 6. The summed E-state index contributed by atoms with van der Waals surface area (Å²) in [7, 11) is -7.49. The number of carbonyl (C=O) groups excluding carboxylic acids is 1. The van der Waals surface area contributed by atoms with E-state index in [-0.39, 0.29) is 34.7 Å². The molecule has 1 aliphatic rings. The van der Waals surface area contributed by atoms with Gasteiger partial charge in [-0.1, -0.05) is 32.0 Å². The van der Waals surface area contributed by atoms with Crippen LogP contribution in [0.2, 0.25) is 0 Å². The molecule has 0 radical (unpaired) electrons. The molecule has 1 saturated heterocycles. The molecule has 0 bridgehead atoms. The Kier molecular flexibility index (Phi) is 9.06. The van der Waals surface area contributed by atoms with Crippen molar-refractivity contribution in [3.63, 3.8) is 0 Å². The third-order valence-corrected chi connectivity index (χ3v) is 10.7. The summed E-state index contributed by atoms with van der Waals surface area (Å²) in [6.07, 6.45) is 0.767. The van der Waals surface area contributed by atoms with Gasteiger partial charge < -0.3 is 10.1 Å². The van der Waals surface area contributed by atoms with Gasteiger partial charge in [-0.25, -0.2) is 16.8 Å². The molecular weight excluding hydrogens is 538 g/mol. The summed E-state index contributed by atoms with van der Waals surface area (Å²) < 4.78 is 60.2. The molecule has 1 fully saturated rings. The highest BCUT2D eigenvalue weighted by Gasteiger charge is 2.32. The van der Waals surface area contributed by atoms with Crippen LogP contribution in [0.3, 0.4) is 0 Å². The van der Waals surface area contributed by atoms with Crippen molar-refractivity contribution in [2.75, 3.05) is 31.5 Å². The van der Waals surface area contributed by atoms with E-state index in [0.717, 1.165) is 5.75 Å². The molecule has 4 rings (SSSR count). The highest BCUT2D eigenvalue weighted by atomic mass is 32.2. The molecule has 0 unspecified atom stereocenters. The molecule has 1 heterocycles. The highest BCUT2D eigenvalue weighted by Crippen LogP contribution is 2.27. The van der Waals surface area contributed by atoms with Gasteiger partial charge in [0.25, 0.3) is 0 Å². The lowest BCUT2D eigenvalue weighted by atomic mass is 9.97. The first kappa shape index (κ1) is 28.8. The molecule has 11 heteroatoms. The van der Waals surface area contributed by atoms with E-state index in [1.54, 1.807) is 38.1 Å². The molecule has 0 atom stereocenters. The third kappa shape index (κ3) is 6.67. The Labute approximate surface area is 230 Å². The fraction of sp³-hybridized carbons (Fsp3) is 0.321. The Morgan fingerprint density at radius 1 is 0.821 bits per heavy atom. The molecular formula is C28H33N3O6S2. The summed E-state index contributed by atoms with van der Waals surface area (Å²) in [4.78, 5) is 12.9. The summed E-state index contributed by atoms with van der Waals surface area (Å²) in [5, 5.41) is 2.90. The molecule has 9 nitrogen and oxygen atoms in total. The summed E-state index contributed by atoms with van der Waals surface area (Å²) in [6.45, 7) is 4.56. The number of amides is 1. The molecule has 1 N–H and O–H groups in total. The fourth-order valence-corrected chi connectivity index (χ4v) is 7.41. The third-order valence-electron chi connectivity index (χ3n) is 6.73. The zero-order valence-corrected chi connectivity index (χ0v) is 23.6. The van der Waals surface area contributed by atoms with Gasteiger partial charge >= 0.3 is 0 Å². The Bertz CT molecular complexity index is 1460. The Balaban J connectivity index is 1.33. The van der Waals surface area contributed by atoms with E-state index in [2.05, 4.69) is 5.32 Å². The first-order valence-corrected chi connectivity index (χ1v) is 15.8. The number of nitrogens with zero attached hydrogens (tertiary/aromatic N) is 2. The van der Waals surface area contributed by atoms with Crippen molar-refractivity contribution in [2.24, 2.45) is 5.92 Å². The summed E-state index contributed by atoms with van der Waals surface area (Å²) in [5.74, 6) is 0.890. The van der Waals surface area contributed by atoms with Crippen molar-refractivity contribution in [3.05, 3.63) is 78.9 Å². The Hall–Kier alpha value is -3.25. The maximum atomic E-state index is 13.2. The first-order valence-electron chi connectivity index (χ1n) is 12.9. The largest absolute Gasteiger partial charge is 0.457 e. The topological polar surface area (TPSA) is 113 Å². The minimum absolute atomic E-state index is 0.0294. The van der Waals surface area contributed by atoms with E-state index >= 15 is 0 Å². The summed E-state index contributed by atoms with van der Waals surface area (Å²) >= 11 is 0. The molecule has 0 spiro atoms. The molecule has 0 saturated carbocycles. The van der Waals surface area contributed by atoms with Crippen molar-refractivity contribution in [2.45, 2.75) is 36.5 Å². The predicted molar refractivity (Wildman–Crippen MR) is 150 cm³/mol. The number of para-hydroxylation sites is 1. The monoisotopic (exact) mass is 571 g/mol. The van der Waals surface area contributed by atoms with Gasteiger partial charge in [-0.2, -0.15) is 8.61 Å². The van der Waals surface area contributed by atoms with Gasteiger partial charge in [0.1, 0.15) is 11.5 Å². The van der Waals surface area contributed by atoms with Crippen LogP contribution >= 0.6 is 0 Å². The van der Waals surface area contributed by atoms with Crippen LogP contribution in [0.4, 0.5) is 5.69 Å². The van der Waals surface area contributed by atoms with E-state index in [1.807, 2.05) is 30.3 Å². The van der Waals surface area contributed by atoms with E-state index in [9.17, 15) is 21.6 Å². The van der Waals surface area contributed by atoms with Crippen LogP contribution in [0.5, 0.6) is 11.5 Å².